The number of aromatic nitrogens is 3. The molecule has 0 spiro atoms. The summed E-state index contributed by atoms with van der Waals surface area (Å²) in [5.74, 6) is 3.05. The lowest BCUT2D eigenvalue weighted by atomic mass is 10.1. The lowest BCUT2D eigenvalue weighted by molar-refractivity contribution is 0.332. The van der Waals surface area contributed by atoms with Gasteiger partial charge in [-0.1, -0.05) is 31.2 Å². The standard InChI is InChI=1S/C25H29N5O/c1-4-29(2)15-22-28-23-24(30(22)14-16-5-10-19(31-3)11-6-16)20-12-9-18(17-7-8-17)13-21(20)27-25(23)26/h5-6,9-13,17H,4,7-8,14-15H2,1-3H3,(H2,26,27). The SMILES string of the molecule is CCN(C)Cc1nc2c(N)nc3cc(C4CC4)ccc3c2n1Cc1ccc(OC)cc1. The summed E-state index contributed by atoms with van der Waals surface area (Å²) in [6.45, 7) is 4.57. The van der Waals surface area contributed by atoms with Gasteiger partial charge in [0.2, 0.25) is 0 Å². The molecule has 0 radical (unpaired) electrons. The number of fused-ring (bicyclic) bond motifs is 3. The molecule has 0 aliphatic heterocycles. The van der Waals surface area contributed by atoms with Gasteiger partial charge in [0.25, 0.3) is 0 Å². The Kier molecular flexibility index (Phi) is 5.02. The Morgan fingerprint density at radius 2 is 1.90 bits per heavy atom. The number of anilines is 1. The van der Waals surface area contributed by atoms with E-state index in [9.17, 15) is 0 Å². The van der Waals surface area contributed by atoms with Crippen molar-refractivity contribution in [1.82, 2.24) is 19.4 Å². The van der Waals surface area contributed by atoms with Crippen LogP contribution in [0.1, 0.15) is 42.6 Å². The van der Waals surface area contributed by atoms with E-state index >= 15 is 0 Å². The van der Waals surface area contributed by atoms with Crippen LogP contribution in [0.4, 0.5) is 5.82 Å². The van der Waals surface area contributed by atoms with Crippen LogP contribution in [0, 0.1) is 0 Å². The Bertz CT molecular complexity index is 1240. The Balaban J connectivity index is 1.69. The molecule has 2 aromatic carbocycles. The fourth-order valence-electron chi connectivity index (χ4n) is 4.20. The maximum Gasteiger partial charge on any atom is 0.152 e. The second kappa shape index (κ2) is 7.85. The molecule has 0 atom stereocenters. The number of rotatable bonds is 7. The van der Waals surface area contributed by atoms with Crippen LogP contribution < -0.4 is 10.5 Å². The quantitative estimate of drug-likeness (QED) is 0.479. The Morgan fingerprint density at radius 1 is 1.13 bits per heavy atom. The van der Waals surface area contributed by atoms with E-state index in [0.717, 1.165) is 53.1 Å². The van der Waals surface area contributed by atoms with Gasteiger partial charge in [-0.25, -0.2) is 9.97 Å². The van der Waals surface area contributed by atoms with E-state index in [-0.39, 0.29) is 0 Å². The van der Waals surface area contributed by atoms with Gasteiger partial charge in [-0.15, -0.1) is 0 Å². The average Bonchev–Trinajstić information content (AvgIpc) is 3.58. The highest BCUT2D eigenvalue weighted by Gasteiger charge is 2.25. The molecule has 31 heavy (non-hydrogen) atoms. The van der Waals surface area contributed by atoms with Gasteiger partial charge in [0, 0.05) is 11.9 Å². The van der Waals surface area contributed by atoms with Gasteiger partial charge >= 0.3 is 0 Å². The molecule has 0 amide bonds. The second-order valence-electron chi connectivity index (χ2n) is 8.54. The van der Waals surface area contributed by atoms with E-state index in [1.54, 1.807) is 7.11 Å². The number of hydrogen-bond donors (Lipinski definition) is 1. The molecule has 2 N–H and O–H groups in total. The molecule has 1 aliphatic rings. The third-order valence-electron chi connectivity index (χ3n) is 6.31. The van der Waals surface area contributed by atoms with Crippen LogP contribution in [-0.2, 0) is 13.1 Å². The summed E-state index contributed by atoms with van der Waals surface area (Å²) >= 11 is 0. The molecule has 0 unspecified atom stereocenters. The Hall–Kier alpha value is -3.12. The highest BCUT2D eigenvalue weighted by molar-refractivity contribution is 6.06. The molecule has 1 saturated carbocycles. The van der Waals surface area contributed by atoms with Crippen LogP contribution >= 0.6 is 0 Å². The second-order valence-corrected chi connectivity index (χ2v) is 8.54. The molecule has 0 bridgehead atoms. The fourth-order valence-corrected chi connectivity index (χ4v) is 4.20. The van der Waals surface area contributed by atoms with Crippen molar-refractivity contribution in [2.24, 2.45) is 0 Å². The van der Waals surface area contributed by atoms with Crippen LogP contribution in [0.5, 0.6) is 5.75 Å². The summed E-state index contributed by atoms with van der Waals surface area (Å²) in [7, 11) is 3.80. The van der Waals surface area contributed by atoms with Crippen molar-refractivity contribution in [3.8, 4) is 5.75 Å². The molecule has 2 aromatic heterocycles. The van der Waals surface area contributed by atoms with E-state index in [1.807, 2.05) is 12.1 Å². The molecule has 1 aliphatic carbocycles. The number of nitrogens with two attached hydrogens (primary N) is 1. The minimum atomic E-state index is 0.504. The number of methoxy groups -OCH3 is 1. The van der Waals surface area contributed by atoms with E-state index in [0.29, 0.717) is 11.7 Å². The summed E-state index contributed by atoms with van der Waals surface area (Å²) in [6, 6.07) is 14.9. The number of nitrogens with zero attached hydrogens (tertiary/aromatic N) is 4. The van der Waals surface area contributed by atoms with Crippen molar-refractivity contribution in [2.45, 2.75) is 38.8 Å². The smallest absolute Gasteiger partial charge is 0.152 e. The summed E-state index contributed by atoms with van der Waals surface area (Å²) in [5, 5.41) is 1.11. The molecular formula is C25H29N5O. The van der Waals surface area contributed by atoms with E-state index < -0.39 is 0 Å². The van der Waals surface area contributed by atoms with Crippen molar-refractivity contribution < 1.29 is 4.74 Å². The molecule has 5 rings (SSSR count). The predicted molar refractivity (Wildman–Crippen MR) is 126 cm³/mol. The van der Waals surface area contributed by atoms with Crippen LogP contribution in [-0.4, -0.2) is 40.1 Å². The maximum atomic E-state index is 6.42. The number of ether oxygens (including phenoxy) is 1. The van der Waals surface area contributed by atoms with Crippen LogP contribution in [0.25, 0.3) is 21.9 Å². The zero-order chi connectivity index (χ0) is 21.5. The minimum absolute atomic E-state index is 0.504. The summed E-state index contributed by atoms with van der Waals surface area (Å²) in [4.78, 5) is 11.9. The van der Waals surface area contributed by atoms with Gasteiger partial charge < -0.3 is 15.0 Å². The highest BCUT2D eigenvalue weighted by atomic mass is 16.5. The van der Waals surface area contributed by atoms with Gasteiger partial charge in [-0.2, -0.15) is 0 Å². The molecule has 1 fully saturated rings. The van der Waals surface area contributed by atoms with E-state index in [2.05, 4.69) is 53.8 Å². The van der Waals surface area contributed by atoms with Crippen molar-refractivity contribution in [3.63, 3.8) is 0 Å². The van der Waals surface area contributed by atoms with Gasteiger partial charge in [-0.3, -0.25) is 4.90 Å². The number of imidazole rings is 1. The number of hydrogen-bond acceptors (Lipinski definition) is 5. The van der Waals surface area contributed by atoms with Gasteiger partial charge in [0.15, 0.2) is 5.82 Å². The Morgan fingerprint density at radius 3 is 2.58 bits per heavy atom. The van der Waals surface area contributed by atoms with Gasteiger partial charge in [-0.05, 0) is 61.7 Å². The largest absolute Gasteiger partial charge is 0.497 e. The average molecular weight is 416 g/mol. The highest BCUT2D eigenvalue weighted by Crippen LogP contribution is 2.41. The fraction of sp³-hybridized carbons (Fsp3) is 0.360. The van der Waals surface area contributed by atoms with Crippen molar-refractivity contribution in [1.29, 1.82) is 0 Å². The molecule has 160 valence electrons. The van der Waals surface area contributed by atoms with Crippen molar-refractivity contribution in [2.75, 3.05) is 26.4 Å². The molecule has 2 heterocycles. The van der Waals surface area contributed by atoms with E-state index in [1.165, 1.54) is 24.0 Å². The Labute approximate surface area is 182 Å². The molecule has 0 saturated heterocycles. The maximum absolute atomic E-state index is 6.42. The normalized spacial score (nSPS) is 14.1. The lowest BCUT2D eigenvalue weighted by Crippen LogP contribution is -2.20. The molecule has 6 nitrogen and oxygen atoms in total. The van der Waals surface area contributed by atoms with Gasteiger partial charge in [0.1, 0.15) is 17.1 Å². The van der Waals surface area contributed by atoms with E-state index in [4.69, 9.17) is 20.4 Å². The first-order chi connectivity index (χ1) is 15.1. The lowest BCUT2D eigenvalue weighted by Gasteiger charge is -2.16. The zero-order valence-corrected chi connectivity index (χ0v) is 18.4. The third-order valence-corrected chi connectivity index (χ3v) is 6.31. The van der Waals surface area contributed by atoms with Crippen molar-refractivity contribution in [3.05, 3.63) is 59.4 Å². The minimum Gasteiger partial charge on any atom is -0.497 e. The summed E-state index contributed by atoms with van der Waals surface area (Å²) in [5.41, 5.74) is 11.8. The number of pyridine rings is 1. The van der Waals surface area contributed by atoms with Crippen molar-refractivity contribution >= 4 is 27.8 Å². The van der Waals surface area contributed by atoms with Crippen LogP contribution in [0.3, 0.4) is 0 Å². The zero-order valence-electron chi connectivity index (χ0n) is 18.4. The first-order valence-corrected chi connectivity index (χ1v) is 11.0. The molecule has 6 heteroatoms. The first kappa shape index (κ1) is 19.8. The molecule has 4 aromatic rings. The summed E-state index contributed by atoms with van der Waals surface area (Å²) < 4.78 is 7.63. The summed E-state index contributed by atoms with van der Waals surface area (Å²) in [6.07, 6.45) is 2.54. The first-order valence-electron chi connectivity index (χ1n) is 11.0. The molecular weight excluding hydrogens is 386 g/mol. The topological polar surface area (TPSA) is 69.2 Å². The predicted octanol–water partition coefficient (Wildman–Crippen LogP) is 4.55. The number of nitrogen functional groups attached to an aromatic ring is 1. The number of benzene rings is 2. The van der Waals surface area contributed by atoms with Crippen LogP contribution in [0.15, 0.2) is 42.5 Å². The monoisotopic (exact) mass is 415 g/mol. The third kappa shape index (κ3) is 3.72. The van der Waals surface area contributed by atoms with Gasteiger partial charge in [0.05, 0.1) is 24.7 Å². The van der Waals surface area contributed by atoms with Crippen LogP contribution in [0.2, 0.25) is 0 Å².